The summed E-state index contributed by atoms with van der Waals surface area (Å²) in [6.07, 6.45) is 0.365. The van der Waals surface area contributed by atoms with Crippen LogP contribution in [0.3, 0.4) is 0 Å². The fourth-order valence-corrected chi connectivity index (χ4v) is 5.55. The second-order valence-corrected chi connectivity index (χ2v) is 10.2. The van der Waals surface area contributed by atoms with E-state index in [-0.39, 0.29) is 36.9 Å². The lowest BCUT2D eigenvalue weighted by Gasteiger charge is -2.38. The number of nitrogens with one attached hydrogen (secondary N) is 1. The lowest BCUT2D eigenvalue weighted by atomic mass is 10.0. The first kappa shape index (κ1) is 27.6. The molecule has 2 saturated heterocycles. The first-order chi connectivity index (χ1) is 18.3. The molecule has 4 rings (SSSR count). The number of fused-ring (bicyclic) bond motifs is 1. The zero-order valence-corrected chi connectivity index (χ0v) is 22.5. The Bertz CT molecular complexity index is 1110. The first-order valence-electron chi connectivity index (χ1n) is 13.0. The number of carbonyl (C=O) groups is 3. The Morgan fingerprint density at radius 2 is 1.61 bits per heavy atom. The Labute approximate surface area is 224 Å². The van der Waals surface area contributed by atoms with Gasteiger partial charge in [0.2, 0.25) is 11.7 Å². The van der Waals surface area contributed by atoms with Crippen LogP contribution in [0.25, 0.3) is 0 Å². The molecule has 2 aliphatic rings. The van der Waals surface area contributed by atoms with E-state index in [1.807, 2.05) is 62.4 Å². The van der Waals surface area contributed by atoms with Crippen molar-refractivity contribution in [2.45, 2.75) is 57.2 Å². The van der Waals surface area contributed by atoms with Crippen LogP contribution in [0.2, 0.25) is 0 Å². The van der Waals surface area contributed by atoms with Crippen molar-refractivity contribution in [3.8, 4) is 0 Å². The fourth-order valence-electron chi connectivity index (χ4n) is 5.55. The van der Waals surface area contributed by atoms with Crippen LogP contribution in [-0.2, 0) is 25.6 Å². The maximum absolute atomic E-state index is 13.9. The average molecular weight is 524 g/mol. The molecule has 3 amide bonds. The highest BCUT2D eigenvalue weighted by Gasteiger charge is 2.61. The molecule has 0 bridgehead atoms. The molecule has 38 heavy (non-hydrogen) atoms. The number of benzene rings is 2. The van der Waals surface area contributed by atoms with Gasteiger partial charge in [0.25, 0.3) is 5.91 Å². The smallest absolute Gasteiger partial charge is 0.408 e. The summed E-state index contributed by atoms with van der Waals surface area (Å²) in [4.78, 5) is 43.5. The van der Waals surface area contributed by atoms with Crippen molar-refractivity contribution in [1.29, 1.82) is 0 Å². The SMILES string of the molecule is COC1(OC)CN(C(=O)c2ccccc2)[C@@H]2CCN(C(=O)[C@H](CC(C)C)NC(=O)OCc3ccccc3)[C@@H]21. The molecule has 0 spiro atoms. The van der Waals surface area contributed by atoms with Gasteiger partial charge < -0.3 is 29.3 Å². The number of amides is 3. The monoisotopic (exact) mass is 523 g/mol. The predicted octanol–water partition coefficient (Wildman–Crippen LogP) is 3.44. The van der Waals surface area contributed by atoms with Crippen LogP contribution >= 0.6 is 0 Å². The van der Waals surface area contributed by atoms with Gasteiger partial charge in [-0.1, -0.05) is 62.4 Å². The van der Waals surface area contributed by atoms with Crippen molar-refractivity contribution in [2.24, 2.45) is 5.92 Å². The summed E-state index contributed by atoms with van der Waals surface area (Å²) in [5.41, 5.74) is 1.43. The van der Waals surface area contributed by atoms with E-state index in [1.54, 1.807) is 21.9 Å². The molecule has 3 atom stereocenters. The molecule has 1 N–H and O–H groups in total. The molecule has 2 aromatic rings. The summed E-state index contributed by atoms with van der Waals surface area (Å²) < 4.78 is 17.1. The van der Waals surface area contributed by atoms with Gasteiger partial charge in [0.1, 0.15) is 18.7 Å². The zero-order chi connectivity index (χ0) is 27.3. The average Bonchev–Trinajstić information content (AvgIpc) is 3.51. The third-order valence-electron chi connectivity index (χ3n) is 7.37. The Morgan fingerprint density at radius 3 is 2.21 bits per heavy atom. The number of ether oxygens (including phenoxy) is 3. The highest BCUT2D eigenvalue weighted by atomic mass is 16.7. The lowest BCUT2D eigenvalue weighted by Crippen LogP contribution is -2.58. The van der Waals surface area contributed by atoms with Gasteiger partial charge in [-0.25, -0.2) is 4.79 Å². The number of hydrogen-bond acceptors (Lipinski definition) is 6. The van der Waals surface area contributed by atoms with Gasteiger partial charge in [0.15, 0.2) is 0 Å². The third kappa shape index (κ3) is 5.68. The topological polar surface area (TPSA) is 97.4 Å². The number of methoxy groups -OCH3 is 2. The quantitative estimate of drug-likeness (QED) is 0.506. The van der Waals surface area contributed by atoms with Crippen LogP contribution in [-0.4, -0.2) is 78.9 Å². The Kier molecular flexibility index (Phi) is 8.69. The summed E-state index contributed by atoms with van der Waals surface area (Å²) >= 11 is 0. The van der Waals surface area contributed by atoms with Gasteiger partial charge >= 0.3 is 6.09 Å². The number of nitrogens with zero attached hydrogens (tertiary/aromatic N) is 2. The second kappa shape index (κ2) is 12.0. The molecule has 204 valence electrons. The van der Waals surface area contributed by atoms with Gasteiger partial charge in [-0.3, -0.25) is 9.59 Å². The first-order valence-corrected chi connectivity index (χ1v) is 13.0. The van der Waals surface area contributed by atoms with E-state index in [4.69, 9.17) is 14.2 Å². The summed E-state index contributed by atoms with van der Waals surface area (Å²) in [7, 11) is 3.06. The summed E-state index contributed by atoms with van der Waals surface area (Å²) in [5, 5.41) is 2.78. The van der Waals surface area contributed by atoms with Crippen molar-refractivity contribution in [2.75, 3.05) is 27.3 Å². The van der Waals surface area contributed by atoms with E-state index >= 15 is 0 Å². The minimum atomic E-state index is -1.18. The summed E-state index contributed by atoms with van der Waals surface area (Å²) in [6.45, 7) is 4.70. The van der Waals surface area contributed by atoms with Gasteiger partial charge in [-0.15, -0.1) is 0 Å². The van der Waals surface area contributed by atoms with E-state index in [1.165, 1.54) is 14.2 Å². The molecule has 2 fully saturated rings. The highest BCUT2D eigenvalue weighted by Crippen LogP contribution is 2.41. The van der Waals surface area contributed by atoms with Gasteiger partial charge in [-0.2, -0.15) is 0 Å². The molecule has 9 heteroatoms. The third-order valence-corrected chi connectivity index (χ3v) is 7.37. The minimum absolute atomic E-state index is 0.108. The fraction of sp³-hybridized carbons (Fsp3) is 0.483. The molecule has 0 aromatic heterocycles. The van der Waals surface area contributed by atoms with Crippen LogP contribution in [0.15, 0.2) is 60.7 Å². The Balaban J connectivity index is 1.53. The van der Waals surface area contributed by atoms with Crippen LogP contribution in [0.5, 0.6) is 0 Å². The number of rotatable bonds is 9. The molecule has 9 nitrogen and oxygen atoms in total. The molecule has 2 aromatic carbocycles. The van der Waals surface area contributed by atoms with Gasteiger partial charge in [-0.05, 0) is 36.5 Å². The largest absolute Gasteiger partial charge is 0.445 e. The lowest BCUT2D eigenvalue weighted by molar-refractivity contribution is -0.222. The van der Waals surface area contributed by atoms with E-state index in [9.17, 15) is 14.4 Å². The maximum Gasteiger partial charge on any atom is 0.408 e. The molecular weight excluding hydrogens is 486 g/mol. The highest BCUT2D eigenvalue weighted by molar-refractivity contribution is 5.95. The van der Waals surface area contributed by atoms with Crippen molar-refractivity contribution >= 4 is 17.9 Å². The van der Waals surface area contributed by atoms with Crippen LogP contribution in [0, 0.1) is 5.92 Å². The Hall–Kier alpha value is -3.43. The van der Waals surface area contributed by atoms with E-state index in [0.717, 1.165) is 5.56 Å². The summed E-state index contributed by atoms with van der Waals surface area (Å²) in [6, 6.07) is 16.8. The van der Waals surface area contributed by atoms with Crippen molar-refractivity contribution in [3.63, 3.8) is 0 Å². The molecule has 0 saturated carbocycles. The van der Waals surface area contributed by atoms with Crippen molar-refractivity contribution in [1.82, 2.24) is 15.1 Å². The standard InChI is InChI=1S/C29H37N3O6/c1-20(2)17-23(30-28(35)38-18-21-11-7-5-8-12-21)27(34)31-16-15-24-25(31)29(36-3,37-4)19-32(24)26(33)22-13-9-6-10-14-22/h5-14,20,23-25H,15-19H2,1-4H3,(H,30,35)/t23-,24+,25-/m0/s1. The van der Waals surface area contributed by atoms with E-state index in [0.29, 0.717) is 24.9 Å². The van der Waals surface area contributed by atoms with Gasteiger partial charge in [0, 0.05) is 26.3 Å². The van der Waals surface area contributed by atoms with Crippen LogP contribution in [0.1, 0.15) is 42.6 Å². The zero-order valence-electron chi connectivity index (χ0n) is 22.5. The maximum atomic E-state index is 13.9. The normalized spacial score (nSPS) is 20.8. The van der Waals surface area contributed by atoms with Crippen molar-refractivity contribution < 1.29 is 28.6 Å². The van der Waals surface area contributed by atoms with Crippen molar-refractivity contribution in [3.05, 3.63) is 71.8 Å². The Morgan fingerprint density at radius 1 is 0.974 bits per heavy atom. The van der Waals surface area contributed by atoms with Crippen LogP contribution in [0.4, 0.5) is 4.79 Å². The van der Waals surface area contributed by atoms with Crippen LogP contribution < -0.4 is 5.32 Å². The number of likely N-dealkylation sites (tertiary alicyclic amines) is 2. The molecule has 2 heterocycles. The van der Waals surface area contributed by atoms with Gasteiger partial charge in [0.05, 0.1) is 12.6 Å². The minimum Gasteiger partial charge on any atom is -0.445 e. The molecule has 2 aliphatic heterocycles. The number of hydrogen-bond donors (Lipinski definition) is 1. The molecule has 0 aliphatic carbocycles. The van der Waals surface area contributed by atoms with E-state index in [2.05, 4.69) is 5.32 Å². The molecular formula is C29H37N3O6. The molecule has 0 radical (unpaired) electrons. The predicted molar refractivity (Wildman–Crippen MR) is 141 cm³/mol. The number of alkyl carbamates (subject to hydrolysis) is 1. The number of carbonyl (C=O) groups excluding carboxylic acids is 3. The molecule has 0 unspecified atom stereocenters. The second-order valence-electron chi connectivity index (χ2n) is 10.2. The summed E-state index contributed by atoms with van der Waals surface area (Å²) in [5.74, 6) is -1.41. The van der Waals surface area contributed by atoms with E-state index < -0.39 is 24.0 Å².